The monoisotopic (exact) mass is 501 g/mol. The number of ether oxygens (including phenoxy) is 1. The van der Waals surface area contributed by atoms with Crippen LogP contribution in [0.5, 0.6) is 0 Å². The van der Waals surface area contributed by atoms with Crippen LogP contribution in [0.4, 0.5) is 0 Å². The van der Waals surface area contributed by atoms with Gasteiger partial charge in [-0.2, -0.15) is 10.1 Å². The van der Waals surface area contributed by atoms with Crippen molar-refractivity contribution in [2.45, 2.75) is 72.6 Å². The van der Waals surface area contributed by atoms with Gasteiger partial charge in [0.2, 0.25) is 5.82 Å². The van der Waals surface area contributed by atoms with Crippen molar-refractivity contribution in [1.82, 2.24) is 24.8 Å². The molecule has 0 bridgehead atoms. The molecule has 1 aliphatic rings. The molecule has 1 aliphatic heterocycles. The Morgan fingerprint density at radius 2 is 2.00 bits per heavy atom. The van der Waals surface area contributed by atoms with Crippen LogP contribution in [-0.2, 0) is 22.5 Å². The number of carbonyl (C=O) groups is 1. The fourth-order valence-electron chi connectivity index (χ4n) is 4.87. The molecule has 8 nitrogen and oxygen atoms in total. The quantitative estimate of drug-likeness (QED) is 0.312. The van der Waals surface area contributed by atoms with E-state index in [0.717, 1.165) is 41.5 Å². The van der Waals surface area contributed by atoms with Crippen molar-refractivity contribution in [3.8, 4) is 22.8 Å². The third-order valence-electron chi connectivity index (χ3n) is 6.78. The van der Waals surface area contributed by atoms with Crippen LogP contribution in [0.1, 0.15) is 63.8 Å². The van der Waals surface area contributed by atoms with Gasteiger partial charge in [-0.05, 0) is 82.9 Å². The molecular formula is C29H35N5O3. The third-order valence-corrected chi connectivity index (χ3v) is 6.78. The predicted molar refractivity (Wildman–Crippen MR) is 143 cm³/mol. The Labute approximate surface area is 217 Å². The molecule has 2 aromatic heterocycles. The summed E-state index contributed by atoms with van der Waals surface area (Å²) in [6, 6.07) is 10.5. The number of aromatic nitrogens is 4. The molecule has 0 saturated carbocycles. The van der Waals surface area contributed by atoms with Gasteiger partial charge in [-0.15, -0.1) is 0 Å². The van der Waals surface area contributed by atoms with Crippen LogP contribution in [0.25, 0.3) is 33.7 Å². The maximum Gasteiger partial charge on any atom is 0.307 e. The van der Waals surface area contributed by atoms with E-state index in [2.05, 4.69) is 48.1 Å². The lowest BCUT2D eigenvalue weighted by Gasteiger charge is -2.30. The number of fused-ring (bicyclic) bond motifs is 2. The number of carbonyl (C=O) groups excluding carboxylic acids is 1. The zero-order chi connectivity index (χ0) is 26.3. The molecule has 0 spiro atoms. The molecular weight excluding hydrogens is 466 g/mol. The molecule has 194 valence electrons. The standard InChI is InChI=1S/C29H35N5O3/c1-18(2)34-17-22-15-20(8-10-25(22)31-34)28-30-27(32-37-28)24-9-7-21-16-33(13-11-23(21)19(24)3)14-12-26(35)36-29(4,5)6/h7-10,15,17-18H,11-14,16H2,1-6H3. The maximum absolute atomic E-state index is 12.1. The number of esters is 1. The van der Waals surface area contributed by atoms with Crippen LogP contribution >= 0.6 is 0 Å². The maximum atomic E-state index is 12.1. The highest BCUT2D eigenvalue weighted by Crippen LogP contribution is 2.32. The van der Waals surface area contributed by atoms with Crippen molar-refractivity contribution in [3.63, 3.8) is 0 Å². The number of benzene rings is 2. The predicted octanol–water partition coefficient (Wildman–Crippen LogP) is 5.73. The first-order chi connectivity index (χ1) is 17.6. The fraction of sp³-hybridized carbons (Fsp3) is 0.448. The minimum atomic E-state index is -0.447. The topological polar surface area (TPSA) is 86.3 Å². The summed E-state index contributed by atoms with van der Waals surface area (Å²) in [6.45, 7) is 14.5. The fourth-order valence-corrected chi connectivity index (χ4v) is 4.87. The lowest BCUT2D eigenvalue weighted by molar-refractivity contribution is -0.155. The molecule has 5 rings (SSSR count). The Morgan fingerprint density at radius 1 is 1.19 bits per heavy atom. The Hall–Kier alpha value is -3.52. The smallest absolute Gasteiger partial charge is 0.307 e. The second-order valence-electron chi connectivity index (χ2n) is 11.1. The van der Waals surface area contributed by atoms with E-state index < -0.39 is 5.60 Å². The number of hydrogen-bond acceptors (Lipinski definition) is 7. The average molecular weight is 502 g/mol. The lowest BCUT2D eigenvalue weighted by atomic mass is 9.91. The van der Waals surface area contributed by atoms with Gasteiger partial charge in [0, 0.05) is 48.4 Å². The van der Waals surface area contributed by atoms with E-state index >= 15 is 0 Å². The Balaban J connectivity index is 1.31. The van der Waals surface area contributed by atoms with Gasteiger partial charge in [-0.3, -0.25) is 14.4 Å². The SMILES string of the molecule is Cc1c(-c2noc(-c3ccc4nn(C(C)C)cc4c3)n2)ccc2c1CCN(CCC(=O)OC(C)(C)C)C2. The molecule has 37 heavy (non-hydrogen) atoms. The second-order valence-corrected chi connectivity index (χ2v) is 11.1. The van der Waals surface area contributed by atoms with Crippen LogP contribution < -0.4 is 0 Å². The van der Waals surface area contributed by atoms with Gasteiger partial charge in [-0.25, -0.2) is 0 Å². The van der Waals surface area contributed by atoms with Crippen molar-refractivity contribution in [2.24, 2.45) is 0 Å². The van der Waals surface area contributed by atoms with Gasteiger partial charge in [0.1, 0.15) is 5.60 Å². The van der Waals surface area contributed by atoms with Gasteiger partial charge in [0.25, 0.3) is 5.89 Å². The molecule has 3 heterocycles. The summed E-state index contributed by atoms with van der Waals surface area (Å²) in [5.74, 6) is 0.950. The minimum Gasteiger partial charge on any atom is -0.460 e. The van der Waals surface area contributed by atoms with Crippen LogP contribution in [0.3, 0.4) is 0 Å². The highest BCUT2D eigenvalue weighted by Gasteiger charge is 2.23. The molecule has 2 aromatic carbocycles. The van der Waals surface area contributed by atoms with Crippen molar-refractivity contribution >= 4 is 16.9 Å². The Bertz CT molecular complexity index is 1440. The van der Waals surface area contributed by atoms with Crippen LogP contribution in [-0.4, -0.2) is 49.5 Å². The lowest BCUT2D eigenvalue weighted by Crippen LogP contribution is -2.34. The van der Waals surface area contributed by atoms with E-state index in [9.17, 15) is 4.79 Å². The molecule has 0 aliphatic carbocycles. The first kappa shape index (κ1) is 25.1. The zero-order valence-electron chi connectivity index (χ0n) is 22.5. The first-order valence-corrected chi connectivity index (χ1v) is 13.0. The number of hydrogen-bond donors (Lipinski definition) is 0. The number of nitrogens with zero attached hydrogens (tertiary/aromatic N) is 5. The summed E-state index contributed by atoms with van der Waals surface area (Å²) in [4.78, 5) is 19.2. The molecule has 0 radical (unpaired) electrons. The van der Waals surface area contributed by atoms with E-state index in [0.29, 0.717) is 30.7 Å². The molecule has 8 heteroatoms. The van der Waals surface area contributed by atoms with Crippen molar-refractivity contribution in [2.75, 3.05) is 13.1 Å². The summed E-state index contributed by atoms with van der Waals surface area (Å²) >= 11 is 0. The molecule has 0 atom stereocenters. The Morgan fingerprint density at radius 3 is 2.76 bits per heavy atom. The largest absolute Gasteiger partial charge is 0.460 e. The van der Waals surface area contributed by atoms with Crippen molar-refractivity contribution in [1.29, 1.82) is 0 Å². The molecule has 0 fully saturated rings. The van der Waals surface area contributed by atoms with E-state index in [1.54, 1.807) is 0 Å². The molecule has 0 amide bonds. The van der Waals surface area contributed by atoms with Crippen LogP contribution in [0.15, 0.2) is 41.1 Å². The van der Waals surface area contributed by atoms with E-state index in [-0.39, 0.29) is 5.97 Å². The van der Waals surface area contributed by atoms with Gasteiger partial charge in [0.05, 0.1) is 11.9 Å². The summed E-state index contributed by atoms with van der Waals surface area (Å²) in [5.41, 5.74) is 6.18. The molecule has 0 unspecified atom stereocenters. The van der Waals surface area contributed by atoms with E-state index in [1.807, 2.05) is 49.8 Å². The van der Waals surface area contributed by atoms with Gasteiger partial charge in [-0.1, -0.05) is 17.3 Å². The third kappa shape index (κ3) is 5.44. The van der Waals surface area contributed by atoms with Crippen molar-refractivity contribution in [3.05, 3.63) is 53.2 Å². The summed E-state index contributed by atoms with van der Waals surface area (Å²) < 4.78 is 13.1. The first-order valence-electron chi connectivity index (χ1n) is 13.0. The van der Waals surface area contributed by atoms with E-state index in [1.165, 1.54) is 16.7 Å². The zero-order valence-corrected chi connectivity index (χ0v) is 22.5. The minimum absolute atomic E-state index is 0.148. The van der Waals surface area contributed by atoms with Gasteiger partial charge in [0.15, 0.2) is 0 Å². The summed E-state index contributed by atoms with van der Waals surface area (Å²) in [7, 11) is 0. The van der Waals surface area contributed by atoms with Gasteiger partial charge >= 0.3 is 5.97 Å². The van der Waals surface area contributed by atoms with Crippen LogP contribution in [0.2, 0.25) is 0 Å². The summed E-state index contributed by atoms with van der Waals surface area (Å²) in [5, 5.41) is 9.97. The van der Waals surface area contributed by atoms with Crippen molar-refractivity contribution < 1.29 is 14.1 Å². The highest BCUT2D eigenvalue weighted by atomic mass is 16.6. The molecule has 0 saturated heterocycles. The van der Waals surface area contributed by atoms with Crippen LogP contribution in [0, 0.1) is 6.92 Å². The second kappa shape index (κ2) is 9.74. The van der Waals surface area contributed by atoms with E-state index in [4.69, 9.17) is 14.2 Å². The normalized spacial score (nSPS) is 14.4. The summed E-state index contributed by atoms with van der Waals surface area (Å²) in [6.07, 6.45) is 3.37. The van der Waals surface area contributed by atoms with Gasteiger partial charge < -0.3 is 9.26 Å². The Kier molecular flexibility index (Phi) is 6.62. The number of rotatable bonds is 6. The molecule has 4 aromatic rings. The highest BCUT2D eigenvalue weighted by molar-refractivity contribution is 5.83. The molecule has 0 N–H and O–H groups in total. The average Bonchev–Trinajstić information content (AvgIpc) is 3.49.